The third kappa shape index (κ3) is 2.35. The fourth-order valence-corrected chi connectivity index (χ4v) is 1.82. The molecule has 0 aromatic heterocycles. The molecule has 0 heterocycles. The Kier molecular flexibility index (Phi) is 3.93. The van der Waals surface area contributed by atoms with Gasteiger partial charge in [0, 0.05) is 12.0 Å². The number of rotatable bonds is 4. The summed E-state index contributed by atoms with van der Waals surface area (Å²) in [6.45, 7) is 5.52. The Morgan fingerprint density at radius 2 is 1.81 bits per heavy atom. The normalized spacial score (nSPS) is 10.1. The second-order valence-corrected chi connectivity index (χ2v) is 3.90. The largest absolute Gasteiger partial charge is 0.496 e. The van der Waals surface area contributed by atoms with Crippen LogP contribution in [0.5, 0.6) is 11.5 Å². The summed E-state index contributed by atoms with van der Waals surface area (Å²) in [5.74, 6) is 1.70. The van der Waals surface area contributed by atoms with Gasteiger partial charge in [-0.15, -0.1) is 0 Å². The van der Waals surface area contributed by atoms with Crippen LogP contribution in [0.3, 0.4) is 0 Å². The summed E-state index contributed by atoms with van der Waals surface area (Å²) in [7, 11) is 3.25. The fraction of sp³-hybridized carbons (Fsp3) is 0.462. The zero-order chi connectivity index (χ0) is 12.3. The van der Waals surface area contributed by atoms with Crippen LogP contribution in [0.2, 0.25) is 0 Å². The molecule has 0 radical (unpaired) electrons. The molecular formula is C13H18O3. The van der Waals surface area contributed by atoms with E-state index < -0.39 is 0 Å². The SMILES string of the molecule is COc1cc(CC(C)=O)c(OC)c(C)c1C. The zero-order valence-corrected chi connectivity index (χ0v) is 10.5. The van der Waals surface area contributed by atoms with Crippen molar-refractivity contribution in [1.29, 1.82) is 0 Å². The summed E-state index contributed by atoms with van der Waals surface area (Å²) in [6.07, 6.45) is 0.376. The van der Waals surface area contributed by atoms with E-state index in [1.165, 1.54) is 0 Å². The maximum absolute atomic E-state index is 11.2. The first-order valence-electron chi connectivity index (χ1n) is 5.21. The van der Waals surface area contributed by atoms with E-state index in [2.05, 4.69) is 0 Å². The second-order valence-electron chi connectivity index (χ2n) is 3.90. The lowest BCUT2D eigenvalue weighted by molar-refractivity contribution is -0.116. The van der Waals surface area contributed by atoms with E-state index in [1.807, 2.05) is 19.9 Å². The number of hydrogen-bond acceptors (Lipinski definition) is 3. The molecule has 0 spiro atoms. The molecule has 0 atom stereocenters. The highest BCUT2D eigenvalue weighted by atomic mass is 16.5. The van der Waals surface area contributed by atoms with Crippen LogP contribution in [0.4, 0.5) is 0 Å². The van der Waals surface area contributed by atoms with Crippen LogP contribution < -0.4 is 9.47 Å². The molecule has 88 valence electrons. The van der Waals surface area contributed by atoms with Gasteiger partial charge >= 0.3 is 0 Å². The minimum Gasteiger partial charge on any atom is -0.496 e. The Hall–Kier alpha value is -1.51. The lowest BCUT2D eigenvalue weighted by Gasteiger charge is -2.16. The first-order chi connectivity index (χ1) is 7.51. The Morgan fingerprint density at radius 1 is 1.19 bits per heavy atom. The molecule has 0 unspecified atom stereocenters. The van der Waals surface area contributed by atoms with Gasteiger partial charge in [0.2, 0.25) is 0 Å². The zero-order valence-electron chi connectivity index (χ0n) is 10.5. The topological polar surface area (TPSA) is 35.5 Å². The molecule has 16 heavy (non-hydrogen) atoms. The molecule has 0 fully saturated rings. The third-order valence-electron chi connectivity index (χ3n) is 2.73. The fourth-order valence-electron chi connectivity index (χ4n) is 1.82. The highest BCUT2D eigenvalue weighted by Gasteiger charge is 2.14. The molecule has 0 aliphatic heterocycles. The number of benzene rings is 1. The number of ketones is 1. The smallest absolute Gasteiger partial charge is 0.134 e. The predicted molar refractivity (Wildman–Crippen MR) is 63.4 cm³/mol. The summed E-state index contributed by atoms with van der Waals surface area (Å²) in [5.41, 5.74) is 2.96. The summed E-state index contributed by atoms with van der Waals surface area (Å²) >= 11 is 0. The first-order valence-corrected chi connectivity index (χ1v) is 5.21. The van der Waals surface area contributed by atoms with Gasteiger partial charge in [0.05, 0.1) is 14.2 Å². The van der Waals surface area contributed by atoms with Crippen molar-refractivity contribution in [3.05, 3.63) is 22.8 Å². The maximum atomic E-state index is 11.2. The quantitative estimate of drug-likeness (QED) is 0.785. The van der Waals surface area contributed by atoms with Crippen molar-refractivity contribution in [1.82, 2.24) is 0 Å². The van der Waals surface area contributed by atoms with Gasteiger partial charge in [-0.2, -0.15) is 0 Å². The van der Waals surface area contributed by atoms with Crippen molar-refractivity contribution < 1.29 is 14.3 Å². The van der Waals surface area contributed by atoms with Crippen molar-refractivity contribution in [3.8, 4) is 11.5 Å². The molecule has 0 bridgehead atoms. The molecule has 0 saturated heterocycles. The van der Waals surface area contributed by atoms with Gasteiger partial charge in [-0.1, -0.05) is 0 Å². The number of ether oxygens (including phenoxy) is 2. The minimum atomic E-state index is 0.114. The van der Waals surface area contributed by atoms with E-state index >= 15 is 0 Å². The molecule has 0 N–H and O–H groups in total. The van der Waals surface area contributed by atoms with Gasteiger partial charge < -0.3 is 9.47 Å². The standard InChI is InChI=1S/C13H18O3/c1-8(14)6-11-7-12(15-4)9(2)10(3)13(11)16-5/h7H,6H2,1-5H3. The van der Waals surface area contributed by atoms with Crippen LogP contribution in [0.15, 0.2) is 6.07 Å². The number of methoxy groups -OCH3 is 2. The van der Waals surface area contributed by atoms with Crippen LogP contribution in [0, 0.1) is 13.8 Å². The molecule has 0 aliphatic rings. The Labute approximate surface area is 96.4 Å². The van der Waals surface area contributed by atoms with Crippen LogP contribution in [0.25, 0.3) is 0 Å². The lowest BCUT2D eigenvalue weighted by Crippen LogP contribution is -2.03. The average molecular weight is 222 g/mol. The van der Waals surface area contributed by atoms with Crippen LogP contribution in [-0.2, 0) is 11.2 Å². The molecule has 1 aromatic carbocycles. The Balaban J connectivity index is 3.34. The summed E-state index contributed by atoms with van der Waals surface area (Å²) in [6, 6.07) is 1.88. The van der Waals surface area contributed by atoms with Crippen LogP contribution in [-0.4, -0.2) is 20.0 Å². The maximum Gasteiger partial charge on any atom is 0.134 e. The first kappa shape index (κ1) is 12.6. The predicted octanol–water partition coefficient (Wildman–Crippen LogP) is 2.45. The van der Waals surface area contributed by atoms with Gasteiger partial charge in [-0.05, 0) is 38.0 Å². The van der Waals surface area contributed by atoms with E-state index in [0.717, 1.165) is 28.2 Å². The highest BCUT2D eigenvalue weighted by molar-refractivity contribution is 5.79. The van der Waals surface area contributed by atoms with E-state index in [0.29, 0.717) is 6.42 Å². The monoisotopic (exact) mass is 222 g/mol. The van der Waals surface area contributed by atoms with E-state index in [9.17, 15) is 4.79 Å². The molecule has 0 aliphatic carbocycles. The minimum absolute atomic E-state index is 0.114. The molecule has 0 saturated carbocycles. The summed E-state index contributed by atoms with van der Waals surface area (Å²) < 4.78 is 10.6. The van der Waals surface area contributed by atoms with Crippen molar-refractivity contribution in [2.75, 3.05) is 14.2 Å². The second kappa shape index (κ2) is 5.01. The number of Topliss-reactive ketones (excluding diaryl/α,β-unsaturated/α-hetero) is 1. The summed E-state index contributed by atoms with van der Waals surface area (Å²) in [5, 5.41) is 0. The van der Waals surface area contributed by atoms with E-state index in [4.69, 9.17) is 9.47 Å². The van der Waals surface area contributed by atoms with Gasteiger partial charge in [-0.3, -0.25) is 4.79 Å². The lowest BCUT2D eigenvalue weighted by atomic mass is 10.00. The van der Waals surface area contributed by atoms with E-state index in [1.54, 1.807) is 21.1 Å². The Bertz CT molecular complexity index is 408. The molecule has 1 aromatic rings. The van der Waals surface area contributed by atoms with Crippen molar-refractivity contribution >= 4 is 5.78 Å². The molecule has 1 rings (SSSR count). The van der Waals surface area contributed by atoms with Gasteiger partial charge in [-0.25, -0.2) is 0 Å². The van der Waals surface area contributed by atoms with E-state index in [-0.39, 0.29) is 5.78 Å². The molecule has 3 nitrogen and oxygen atoms in total. The van der Waals surface area contributed by atoms with Crippen molar-refractivity contribution in [2.24, 2.45) is 0 Å². The van der Waals surface area contributed by atoms with Gasteiger partial charge in [0.1, 0.15) is 17.3 Å². The highest BCUT2D eigenvalue weighted by Crippen LogP contribution is 2.33. The molecular weight excluding hydrogens is 204 g/mol. The van der Waals surface area contributed by atoms with Crippen molar-refractivity contribution in [3.63, 3.8) is 0 Å². The van der Waals surface area contributed by atoms with Gasteiger partial charge in [0.15, 0.2) is 0 Å². The van der Waals surface area contributed by atoms with Crippen LogP contribution >= 0.6 is 0 Å². The summed E-state index contributed by atoms with van der Waals surface area (Å²) in [4.78, 5) is 11.2. The number of carbonyl (C=O) groups excluding carboxylic acids is 1. The number of carbonyl (C=O) groups is 1. The molecule has 3 heteroatoms. The molecule has 0 amide bonds. The van der Waals surface area contributed by atoms with Crippen molar-refractivity contribution in [2.45, 2.75) is 27.2 Å². The number of hydrogen-bond donors (Lipinski definition) is 0. The van der Waals surface area contributed by atoms with Gasteiger partial charge in [0.25, 0.3) is 0 Å². The third-order valence-corrected chi connectivity index (χ3v) is 2.73. The average Bonchev–Trinajstić information content (AvgIpc) is 2.23. The van der Waals surface area contributed by atoms with Crippen LogP contribution in [0.1, 0.15) is 23.6 Å². The Morgan fingerprint density at radius 3 is 2.25 bits per heavy atom.